The number of ether oxygens (including phenoxy) is 1. The lowest BCUT2D eigenvalue weighted by atomic mass is 10.2. The van der Waals surface area contributed by atoms with Crippen LogP contribution in [-0.4, -0.2) is 24.0 Å². The summed E-state index contributed by atoms with van der Waals surface area (Å²) in [6, 6.07) is 4.45. The van der Waals surface area contributed by atoms with E-state index in [1.54, 1.807) is 6.07 Å². The van der Waals surface area contributed by atoms with Gasteiger partial charge in [0.15, 0.2) is 5.75 Å². The van der Waals surface area contributed by atoms with Gasteiger partial charge in [-0.25, -0.2) is 0 Å². The normalized spacial score (nSPS) is 10.0. The van der Waals surface area contributed by atoms with E-state index in [1.807, 2.05) is 6.92 Å². The number of carbonyl (C=O) groups excluding carboxylic acids is 1. The summed E-state index contributed by atoms with van der Waals surface area (Å²) in [6.07, 6.45) is 0.151. The van der Waals surface area contributed by atoms with Gasteiger partial charge in [-0.2, -0.15) is 0 Å². The lowest BCUT2D eigenvalue weighted by molar-refractivity contribution is -0.385. The van der Waals surface area contributed by atoms with Crippen molar-refractivity contribution in [1.82, 2.24) is 5.32 Å². The molecule has 0 saturated heterocycles. The standard InChI is InChI=1S/C12H17N3O4/c1-2-14-12(16)5-6-19-11-7-9(8-13)3-4-10(11)15(17)18/h3-4,7H,2,5-6,8,13H2,1H3,(H,14,16). The van der Waals surface area contributed by atoms with Gasteiger partial charge in [0.25, 0.3) is 0 Å². The molecule has 0 atom stereocenters. The summed E-state index contributed by atoms with van der Waals surface area (Å²) in [5.74, 6) is -0.0163. The second-order valence-electron chi connectivity index (χ2n) is 3.82. The molecule has 7 heteroatoms. The maximum Gasteiger partial charge on any atom is 0.310 e. The topological polar surface area (TPSA) is 107 Å². The number of nitro benzene ring substituents is 1. The van der Waals surface area contributed by atoms with Gasteiger partial charge in [-0.15, -0.1) is 0 Å². The minimum Gasteiger partial charge on any atom is -0.486 e. The van der Waals surface area contributed by atoms with Gasteiger partial charge in [-0.05, 0) is 18.6 Å². The zero-order chi connectivity index (χ0) is 14.3. The van der Waals surface area contributed by atoms with Gasteiger partial charge in [0.2, 0.25) is 5.91 Å². The first-order chi connectivity index (χ1) is 9.08. The van der Waals surface area contributed by atoms with Crippen molar-refractivity contribution in [3.8, 4) is 5.75 Å². The number of nitrogens with two attached hydrogens (primary N) is 1. The highest BCUT2D eigenvalue weighted by Gasteiger charge is 2.15. The molecule has 0 radical (unpaired) electrons. The molecule has 0 saturated carbocycles. The van der Waals surface area contributed by atoms with Gasteiger partial charge in [-0.1, -0.05) is 6.07 Å². The zero-order valence-corrected chi connectivity index (χ0v) is 10.7. The summed E-state index contributed by atoms with van der Waals surface area (Å²) in [4.78, 5) is 21.5. The molecule has 0 aliphatic heterocycles. The second-order valence-corrected chi connectivity index (χ2v) is 3.82. The van der Waals surface area contributed by atoms with E-state index in [9.17, 15) is 14.9 Å². The molecule has 0 spiro atoms. The molecule has 1 amide bonds. The Morgan fingerprint density at radius 1 is 1.53 bits per heavy atom. The molecule has 0 unspecified atom stereocenters. The van der Waals surface area contributed by atoms with Crippen LogP contribution in [0.25, 0.3) is 0 Å². The fourth-order valence-electron chi connectivity index (χ4n) is 1.49. The van der Waals surface area contributed by atoms with Crippen LogP contribution < -0.4 is 15.8 Å². The average Bonchev–Trinajstić information content (AvgIpc) is 2.38. The van der Waals surface area contributed by atoms with Crippen molar-refractivity contribution in [1.29, 1.82) is 0 Å². The summed E-state index contributed by atoms with van der Waals surface area (Å²) in [7, 11) is 0. The maximum absolute atomic E-state index is 11.2. The molecule has 3 N–H and O–H groups in total. The summed E-state index contributed by atoms with van der Waals surface area (Å²) >= 11 is 0. The summed E-state index contributed by atoms with van der Waals surface area (Å²) < 4.78 is 5.30. The molecule has 1 rings (SSSR count). The number of hydrogen-bond acceptors (Lipinski definition) is 5. The van der Waals surface area contributed by atoms with Crippen LogP contribution >= 0.6 is 0 Å². The molecule has 7 nitrogen and oxygen atoms in total. The van der Waals surface area contributed by atoms with Crippen molar-refractivity contribution in [3.63, 3.8) is 0 Å². The molecule has 104 valence electrons. The van der Waals surface area contributed by atoms with Crippen LogP contribution in [0.3, 0.4) is 0 Å². The minimum absolute atomic E-state index is 0.0840. The Bertz CT molecular complexity index is 462. The van der Waals surface area contributed by atoms with Crippen LogP contribution in [0, 0.1) is 10.1 Å². The molecule has 0 heterocycles. The Hall–Kier alpha value is -2.15. The van der Waals surface area contributed by atoms with Crippen LogP contribution in [0.15, 0.2) is 18.2 Å². The predicted molar refractivity (Wildman–Crippen MR) is 69.8 cm³/mol. The third kappa shape index (κ3) is 4.55. The Morgan fingerprint density at radius 3 is 2.84 bits per heavy atom. The molecule has 0 aliphatic rings. The molecule has 1 aromatic carbocycles. The van der Waals surface area contributed by atoms with E-state index in [0.29, 0.717) is 6.54 Å². The average molecular weight is 267 g/mol. The number of nitro groups is 1. The van der Waals surface area contributed by atoms with E-state index in [-0.39, 0.29) is 36.9 Å². The van der Waals surface area contributed by atoms with Crippen molar-refractivity contribution in [2.75, 3.05) is 13.2 Å². The summed E-state index contributed by atoms with van der Waals surface area (Å²) in [5.41, 5.74) is 6.08. The van der Waals surface area contributed by atoms with Crippen molar-refractivity contribution >= 4 is 11.6 Å². The third-order valence-electron chi connectivity index (χ3n) is 2.42. The lowest BCUT2D eigenvalue weighted by Crippen LogP contribution is -2.24. The number of amides is 1. The van der Waals surface area contributed by atoms with Crippen molar-refractivity contribution in [3.05, 3.63) is 33.9 Å². The number of carbonyl (C=O) groups is 1. The van der Waals surface area contributed by atoms with Gasteiger partial charge in [-0.3, -0.25) is 14.9 Å². The van der Waals surface area contributed by atoms with E-state index >= 15 is 0 Å². The number of nitrogens with zero attached hydrogens (tertiary/aromatic N) is 1. The second kappa shape index (κ2) is 7.32. The fourth-order valence-corrected chi connectivity index (χ4v) is 1.49. The molecule has 19 heavy (non-hydrogen) atoms. The van der Waals surface area contributed by atoms with Gasteiger partial charge < -0.3 is 15.8 Å². The quantitative estimate of drug-likeness (QED) is 0.565. The van der Waals surface area contributed by atoms with Crippen molar-refractivity contribution in [2.45, 2.75) is 19.9 Å². The molecule has 0 aliphatic carbocycles. The van der Waals surface area contributed by atoms with E-state index < -0.39 is 4.92 Å². The van der Waals surface area contributed by atoms with Gasteiger partial charge in [0.05, 0.1) is 18.0 Å². The number of benzene rings is 1. The molecule has 0 aromatic heterocycles. The van der Waals surface area contributed by atoms with Crippen molar-refractivity contribution in [2.24, 2.45) is 5.73 Å². The predicted octanol–water partition coefficient (Wildman–Crippen LogP) is 0.959. The first kappa shape index (κ1) is 14.9. The van der Waals surface area contributed by atoms with Crippen LogP contribution in [0.1, 0.15) is 18.9 Å². The first-order valence-corrected chi connectivity index (χ1v) is 5.95. The van der Waals surface area contributed by atoms with Crippen LogP contribution in [0.4, 0.5) is 5.69 Å². The maximum atomic E-state index is 11.2. The minimum atomic E-state index is -0.526. The zero-order valence-electron chi connectivity index (χ0n) is 10.7. The van der Waals surface area contributed by atoms with E-state index in [2.05, 4.69) is 5.32 Å². The largest absolute Gasteiger partial charge is 0.486 e. The summed E-state index contributed by atoms with van der Waals surface area (Å²) in [6.45, 7) is 2.71. The van der Waals surface area contributed by atoms with Gasteiger partial charge in [0, 0.05) is 19.2 Å². The van der Waals surface area contributed by atoms with E-state index in [0.717, 1.165) is 5.56 Å². The summed E-state index contributed by atoms with van der Waals surface area (Å²) in [5, 5.41) is 13.5. The van der Waals surface area contributed by atoms with Gasteiger partial charge >= 0.3 is 5.69 Å². The third-order valence-corrected chi connectivity index (χ3v) is 2.42. The molecular weight excluding hydrogens is 250 g/mol. The van der Waals surface area contributed by atoms with E-state index in [1.165, 1.54) is 12.1 Å². The van der Waals surface area contributed by atoms with Crippen LogP contribution in [-0.2, 0) is 11.3 Å². The Balaban J connectivity index is 2.69. The number of rotatable bonds is 7. The molecule has 0 fully saturated rings. The Labute approximate surface area is 110 Å². The molecule has 0 bridgehead atoms. The van der Waals surface area contributed by atoms with Crippen molar-refractivity contribution < 1.29 is 14.5 Å². The highest BCUT2D eigenvalue weighted by atomic mass is 16.6. The molecule has 1 aromatic rings. The monoisotopic (exact) mass is 267 g/mol. The van der Waals surface area contributed by atoms with Crippen LogP contribution in [0.5, 0.6) is 5.75 Å². The SMILES string of the molecule is CCNC(=O)CCOc1cc(CN)ccc1[N+](=O)[O-]. The number of hydrogen-bond donors (Lipinski definition) is 2. The first-order valence-electron chi connectivity index (χ1n) is 5.95. The fraction of sp³-hybridized carbons (Fsp3) is 0.417. The lowest BCUT2D eigenvalue weighted by Gasteiger charge is -2.08. The Kier molecular flexibility index (Phi) is 5.74. The smallest absolute Gasteiger partial charge is 0.310 e. The Morgan fingerprint density at radius 2 is 2.26 bits per heavy atom. The highest BCUT2D eigenvalue weighted by Crippen LogP contribution is 2.27. The van der Waals surface area contributed by atoms with Crippen LogP contribution in [0.2, 0.25) is 0 Å². The van der Waals surface area contributed by atoms with Gasteiger partial charge in [0.1, 0.15) is 0 Å². The highest BCUT2D eigenvalue weighted by molar-refractivity contribution is 5.75. The number of nitrogens with one attached hydrogen (secondary N) is 1. The van der Waals surface area contributed by atoms with E-state index in [4.69, 9.17) is 10.5 Å². The molecular formula is C12H17N3O4.